The number of aliphatic hydroxyl groups excluding tert-OH is 1. The van der Waals surface area contributed by atoms with Gasteiger partial charge >= 0.3 is 0 Å². The molecular weight excluding hydrogens is 596 g/mol. The lowest BCUT2D eigenvalue weighted by Gasteiger charge is -2.15. The van der Waals surface area contributed by atoms with Crippen LogP contribution < -0.4 is 9.47 Å². The SMILES string of the molecule is Fc1cc(-c2cccnc2OC2CCCC2)cc(F)c1CCl.OCc1c(F)cc(-c2cccnc2OC2CCCC2)cc1F. The third kappa shape index (κ3) is 7.50. The van der Waals surface area contributed by atoms with Gasteiger partial charge in [0.05, 0.1) is 12.5 Å². The van der Waals surface area contributed by atoms with Crippen LogP contribution in [-0.4, -0.2) is 27.3 Å². The van der Waals surface area contributed by atoms with E-state index in [0.29, 0.717) is 34.0 Å². The van der Waals surface area contributed by atoms with Crippen molar-refractivity contribution in [1.82, 2.24) is 9.97 Å². The van der Waals surface area contributed by atoms with Crippen LogP contribution >= 0.6 is 11.6 Å². The van der Waals surface area contributed by atoms with Gasteiger partial charge in [0.2, 0.25) is 11.8 Å². The highest BCUT2D eigenvalue weighted by Gasteiger charge is 2.22. The van der Waals surface area contributed by atoms with Gasteiger partial charge in [-0.15, -0.1) is 11.6 Å². The molecule has 2 aromatic heterocycles. The topological polar surface area (TPSA) is 64.5 Å². The van der Waals surface area contributed by atoms with Crippen molar-refractivity contribution in [2.24, 2.45) is 0 Å². The third-order valence-electron chi connectivity index (χ3n) is 7.90. The molecule has 2 aliphatic rings. The maximum Gasteiger partial charge on any atom is 0.221 e. The molecule has 232 valence electrons. The minimum absolute atomic E-state index is 0.111. The number of hydrogen-bond acceptors (Lipinski definition) is 5. The minimum atomic E-state index is -0.770. The van der Waals surface area contributed by atoms with E-state index in [1.54, 1.807) is 36.7 Å². The fraction of sp³-hybridized carbons (Fsp3) is 0.353. The maximum atomic E-state index is 13.9. The van der Waals surface area contributed by atoms with E-state index < -0.39 is 29.9 Å². The summed E-state index contributed by atoms with van der Waals surface area (Å²) in [4.78, 5) is 8.43. The number of aromatic nitrogens is 2. The van der Waals surface area contributed by atoms with Gasteiger partial charge in [0.1, 0.15) is 35.5 Å². The molecule has 0 unspecified atom stereocenters. The Bertz CT molecular complexity index is 1410. The molecule has 1 N–H and O–H groups in total. The van der Waals surface area contributed by atoms with Gasteiger partial charge in [0.25, 0.3) is 0 Å². The predicted molar refractivity (Wildman–Crippen MR) is 160 cm³/mol. The molecule has 5 nitrogen and oxygen atoms in total. The van der Waals surface area contributed by atoms with Crippen molar-refractivity contribution in [1.29, 1.82) is 0 Å². The Morgan fingerprint density at radius 1 is 0.659 bits per heavy atom. The van der Waals surface area contributed by atoms with Crippen LogP contribution in [0.4, 0.5) is 17.6 Å². The monoisotopic (exact) mass is 628 g/mol. The zero-order valence-electron chi connectivity index (χ0n) is 24.0. The van der Waals surface area contributed by atoms with Gasteiger partial charge in [0.15, 0.2) is 0 Å². The second-order valence-corrected chi connectivity index (χ2v) is 11.2. The van der Waals surface area contributed by atoms with Crippen LogP contribution in [-0.2, 0) is 12.5 Å². The summed E-state index contributed by atoms with van der Waals surface area (Å²) in [6.07, 6.45) is 11.9. The number of aliphatic hydroxyl groups is 1. The number of nitrogens with zero attached hydrogens (tertiary/aromatic N) is 2. The molecule has 0 aliphatic heterocycles. The van der Waals surface area contributed by atoms with E-state index in [2.05, 4.69) is 9.97 Å². The van der Waals surface area contributed by atoms with E-state index in [0.717, 1.165) is 51.4 Å². The Morgan fingerprint density at radius 2 is 1.05 bits per heavy atom. The lowest BCUT2D eigenvalue weighted by atomic mass is 10.0. The number of rotatable bonds is 8. The number of pyridine rings is 2. The number of hydrogen-bond donors (Lipinski definition) is 1. The molecule has 2 fully saturated rings. The van der Waals surface area contributed by atoms with Crippen LogP contribution in [0.2, 0.25) is 0 Å². The van der Waals surface area contributed by atoms with E-state index in [1.165, 1.54) is 24.3 Å². The maximum absolute atomic E-state index is 13.9. The van der Waals surface area contributed by atoms with E-state index >= 15 is 0 Å². The zero-order chi connectivity index (χ0) is 31.1. The Labute approximate surface area is 258 Å². The van der Waals surface area contributed by atoms with Crippen molar-refractivity contribution in [2.75, 3.05) is 0 Å². The van der Waals surface area contributed by atoms with E-state index in [4.69, 9.17) is 26.2 Å². The quantitative estimate of drug-likeness (QED) is 0.156. The van der Waals surface area contributed by atoms with Crippen molar-refractivity contribution in [2.45, 2.75) is 76.1 Å². The van der Waals surface area contributed by atoms with Gasteiger partial charge in [-0.25, -0.2) is 27.5 Å². The average Bonchev–Trinajstić information content (AvgIpc) is 3.73. The molecule has 0 atom stereocenters. The van der Waals surface area contributed by atoms with E-state index in [-0.39, 0.29) is 29.2 Å². The largest absolute Gasteiger partial charge is 0.474 e. The standard InChI is InChI=1S/C17H16ClF2NO.C17H17F2NO2/c18-10-14-15(19)8-11(9-16(14)20)13-6-3-7-21-17(13)22-12-4-1-2-5-12;18-15-8-11(9-16(19)14(15)10-21)13-6-3-7-20-17(13)22-12-4-1-2-5-12/h3,6-9,12H,1-2,4-5,10H2;3,6-9,12,21H,1-2,4-5,10H2. The van der Waals surface area contributed by atoms with Crippen LogP contribution in [0.5, 0.6) is 11.8 Å². The highest BCUT2D eigenvalue weighted by Crippen LogP contribution is 2.35. The Kier molecular flexibility index (Phi) is 10.7. The second kappa shape index (κ2) is 14.9. The fourth-order valence-corrected chi connectivity index (χ4v) is 5.79. The number of halogens is 5. The van der Waals surface area contributed by atoms with Crippen LogP contribution in [0.1, 0.15) is 62.5 Å². The Morgan fingerprint density at radius 3 is 1.41 bits per heavy atom. The third-order valence-corrected chi connectivity index (χ3v) is 8.17. The highest BCUT2D eigenvalue weighted by atomic mass is 35.5. The van der Waals surface area contributed by atoms with Gasteiger partial charge in [-0.2, -0.15) is 0 Å². The van der Waals surface area contributed by atoms with E-state index in [9.17, 15) is 17.6 Å². The smallest absolute Gasteiger partial charge is 0.221 e. The second-order valence-electron chi connectivity index (χ2n) is 10.9. The minimum Gasteiger partial charge on any atom is -0.474 e. The molecular formula is C34H33ClF4N2O3. The summed E-state index contributed by atoms with van der Waals surface area (Å²) in [7, 11) is 0. The molecule has 4 aromatic rings. The van der Waals surface area contributed by atoms with Crippen LogP contribution in [0.25, 0.3) is 22.3 Å². The van der Waals surface area contributed by atoms with Crippen molar-refractivity contribution in [3.05, 3.63) is 95.3 Å². The summed E-state index contributed by atoms with van der Waals surface area (Å²) in [6.45, 7) is -0.670. The first-order valence-corrected chi connectivity index (χ1v) is 15.3. The van der Waals surface area contributed by atoms with Crippen molar-refractivity contribution in [3.8, 4) is 34.0 Å². The molecule has 6 rings (SSSR count). The first kappa shape index (κ1) is 31.7. The first-order chi connectivity index (χ1) is 21.4. The van der Waals surface area contributed by atoms with Crippen molar-refractivity contribution < 1.29 is 32.1 Å². The van der Waals surface area contributed by atoms with Gasteiger partial charge in [-0.05, 0) is 111 Å². The zero-order valence-corrected chi connectivity index (χ0v) is 24.8. The van der Waals surface area contributed by atoms with Gasteiger partial charge in [-0.1, -0.05) is 0 Å². The lowest BCUT2D eigenvalue weighted by molar-refractivity contribution is 0.202. The summed E-state index contributed by atoms with van der Waals surface area (Å²) in [5, 5.41) is 8.99. The Hall–Kier alpha value is -3.69. The van der Waals surface area contributed by atoms with E-state index in [1.807, 2.05) is 0 Å². The summed E-state index contributed by atoms with van der Waals surface area (Å²) >= 11 is 5.56. The lowest BCUT2D eigenvalue weighted by Crippen LogP contribution is -2.12. The number of alkyl halides is 1. The molecule has 0 spiro atoms. The Balaban J connectivity index is 0.000000175. The van der Waals surface area contributed by atoms with Crippen molar-refractivity contribution >= 4 is 11.6 Å². The molecule has 2 aromatic carbocycles. The van der Waals surface area contributed by atoms with Gasteiger partial charge in [-0.3, -0.25) is 0 Å². The number of benzene rings is 2. The number of ether oxygens (including phenoxy) is 2. The summed E-state index contributed by atoms with van der Waals surface area (Å²) in [6, 6.07) is 11.9. The molecule has 0 bridgehead atoms. The normalized spacial score (nSPS) is 15.2. The molecule has 0 radical (unpaired) electrons. The van der Waals surface area contributed by atoms with Crippen LogP contribution in [0.15, 0.2) is 60.9 Å². The van der Waals surface area contributed by atoms with Crippen LogP contribution in [0, 0.1) is 23.3 Å². The highest BCUT2D eigenvalue weighted by molar-refractivity contribution is 6.17. The molecule has 10 heteroatoms. The van der Waals surface area contributed by atoms with Crippen LogP contribution in [0.3, 0.4) is 0 Å². The first-order valence-electron chi connectivity index (χ1n) is 14.7. The predicted octanol–water partition coefficient (Wildman–Crippen LogP) is 8.93. The molecule has 2 saturated carbocycles. The molecule has 0 amide bonds. The average molecular weight is 629 g/mol. The van der Waals surface area contributed by atoms with Crippen molar-refractivity contribution in [3.63, 3.8) is 0 Å². The van der Waals surface area contributed by atoms with Gasteiger partial charge in [0, 0.05) is 34.6 Å². The summed E-state index contributed by atoms with van der Waals surface area (Å²) in [5.41, 5.74) is 1.46. The summed E-state index contributed by atoms with van der Waals surface area (Å²) < 4.78 is 67.4. The van der Waals surface area contributed by atoms with Gasteiger partial charge < -0.3 is 14.6 Å². The molecule has 0 saturated heterocycles. The summed E-state index contributed by atoms with van der Waals surface area (Å²) in [5.74, 6) is -2.23. The molecule has 44 heavy (non-hydrogen) atoms. The fourth-order valence-electron chi connectivity index (χ4n) is 5.53. The molecule has 2 aliphatic carbocycles. The molecule has 2 heterocycles.